The number of primary amides is 1. The Balaban J connectivity index is 2.30. The number of benzene rings is 2. The van der Waals surface area contributed by atoms with E-state index in [0.29, 0.717) is 36.9 Å². The maximum absolute atomic E-state index is 14.0. The molecule has 0 spiro atoms. The van der Waals surface area contributed by atoms with Crippen molar-refractivity contribution in [1.29, 1.82) is 0 Å². The zero-order valence-electron chi connectivity index (χ0n) is 44.5. The van der Waals surface area contributed by atoms with Gasteiger partial charge in [-0.2, -0.15) is 12.6 Å². The van der Waals surface area contributed by atoms with Crippen LogP contribution in [0.3, 0.4) is 0 Å². The van der Waals surface area contributed by atoms with Gasteiger partial charge in [-0.05, 0) is 74.0 Å². The molecule has 0 aliphatic carbocycles. The van der Waals surface area contributed by atoms with Crippen LogP contribution in [0.1, 0.15) is 70.4 Å². The Kier molecular flexibility index (Phi) is 30.0. The van der Waals surface area contributed by atoms with Crippen LogP contribution in [0.25, 0.3) is 0 Å². The number of carboxylic acid groups (broad SMARTS) is 1. The van der Waals surface area contributed by atoms with E-state index in [4.69, 9.17) is 17.2 Å². The van der Waals surface area contributed by atoms with Gasteiger partial charge in [0.15, 0.2) is 0 Å². The van der Waals surface area contributed by atoms with Gasteiger partial charge < -0.3 is 95.7 Å². The van der Waals surface area contributed by atoms with Crippen LogP contribution in [-0.4, -0.2) is 188 Å². The maximum Gasteiger partial charge on any atom is 0.326 e. The second kappa shape index (κ2) is 35.1. The zero-order valence-corrected chi connectivity index (χ0v) is 45.4. The van der Waals surface area contributed by atoms with Crippen LogP contribution in [0.4, 0.5) is 0 Å². The van der Waals surface area contributed by atoms with Crippen molar-refractivity contribution >= 4 is 77.7 Å². The number of unbranched alkanes of at least 4 members (excludes halogenated alkanes) is 1. The average molecular weight is 1150 g/mol. The third-order valence-corrected chi connectivity index (χ3v) is 12.8. The van der Waals surface area contributed by atoms with E-state index in [1.54, 1.807) is 13.8 Å². The summed E-state index contributed by atoms with van der Waals surface area (Å²) in [5, 5.41) is 80.6. The monoisotopic (exact) mass is 1150 g/mol. The molecule has 0 saturated heterocycles. The third kappa shape index (κ3) is 23.4. The molecule has 21 N–H and O–H groups in total. The summed E-state index contributed by atoms with van der Waals surface area (Å²) < 4.78 is 0. The first kappa shape index (κ1) is 68.5. The minimum absolute atomic E-state index is 0.106. The molecule has 0 heterocycles. The Morgan fingerprint density at radius 3 is 1.30 bits per heavy atom. The minimum Gasteiger partial charge on any atom is -0.508 e. The molecule has 0 aliphatic heterocycles. The second-order valence-corrected chi connectivity index (χ2v) is 19.1. The summed E-state index contributed by atoms with van der Waals surface area (Å²) in [6.45, 7) is 1.82. The van der Waals surface area contributed by atoms with Crippen LogP contribution in [0.15, 0.2) is 48.5 Å². The molecule has 0 radical (unpaired) electrons. The highest BCUT2D eigenvalue weighted by Gasteiger charge is 2.35. The number of carbonyl (C=O) groups excluding carboxylic acids is 10. The van der Waals surface area contributed by atoms with E-state index in [1.807, 2.05) is 0 Å². The van der Waals surface area contributed by atoms with Gasteiger partial charge >= 0.3 is 5.97 Å². The van der Waals surface area contributed by atoms with Crippen molar-refractivity contribution in [2.75, 3.05) is 32.1 Å². The van der Waals surface area contributed by atoms with Gasteiger partial charge in [0.1, 0.15) is 65.9 Å². The minimum atomic E-state index is -1.80. The van der Waals surface area contributed by atoms with Crippen molar-refractivity contribution in [3.05, 3.63) is 59.7 Å². The lowest BCUT2D eigenvalue weighted by molar-refractivity contribution is -0.144. The number of amides is 10. The first-order chi connectivity index (χ1) is 37.8. The summed E-state index contributed by atoms with van der Waals surface area (Å²) in [6.07, 6.45) is 0.158. The quantitative estimate of drug-likeness (QED) is 0.0223. The predicted molar refractivity (Wildman–Crippen MR) is 288 cm³/mol. The molecule has 0 unspecified atom stereocenters. The highest BCUT2D eigenvalue weighted by molar-refractivity contribution is 7.80. The molecule has 444 valence electrons. The Bertz CT molecular complexity index is 2420. The first-order valence-electron chi connectivity index (χ1n) is 25.5. The van der Waals surface area contributed by atoms with Crippen LogP contribution in [0.2, 0.25) is 0 Å². The Hall–Kier alpha value is -7.64. The largest absolute Gasteiger partial charge is 0.508 e. The fourth-order valence-electron chi connectivity index (χ4n) is 7.38. The van der Waals surface area contributed by atoms with E-state index in [-0.39, 0.29) is 30.8 Å². The van der Waals surface area contributed by atoms with Crippen LogP contribution < -0.4 is 65.1 Å². The second-order valence-electron chi connectivity index (χ2n) is 18.7. The number of rotatable bonds is 36. The van der Waals surface area contributed by atoms with Gasteiger partial charge in [0, 0.05) is 25.0 Å². The number of aliphatic carboxylic acids is 1. The normalized spacial score (nSPS) is 15.2. The first-order valence-corrected chi connectivity index (χ1v) is 26.2. The highest BCUT2D eigenvalue weighted by Crippen LogP contribution is 2.15. The number of phenols is 2. The Labute approximate surface area is 466 Å². The number of carbonyl (C=O) groups is 11. The van der Waals surface area contributed by atoms with Crippen molar-refractivity contribution in [3.8, 4) is 11.5 Å². The standard InChI is InChI=1S/C50H76N12O17S/c1-4-25(2)40(50(78)79)62-45(73)34(20-28-10-14-30(67)15-11-28)57-46(74)36(22-64)59-44(72)33(19-27-8-12-29(66)13-9-27)56-41(69)26(3)54-43(71)32(16-17-39(53)68)55-49(77)38(24-80)61-48(76)37(23-65)60-47(75)35(21-63)58-42(70)31(52)7-5-6-18-51/h8-15,25-26,31-38,40,63-67,80H,4-7,16-24,51-52H2,1-3H3,(H2,53,68)(H,54,71)(H,55,77)(H,56,69)(H,57,74)(H,58,70)(H,59,72)(H,60,75)(H,61,76)(H,62,73)(H,78,79)/t25-,26-,31-,32-,33-,34-,35-,36-,37-,38-,40-/m0/s1. The number of hydrogen-bond donors (Lipinski definition) is 19. The number of phenolic OH excluding ortho intramolecular Hbond substituents is 2. The molecule has 2 aromatic carbocycles. The molecule has 29 nitrogen and oxygen atoms in total. The van der Waals surface area contributed by atoms with Gasteiger partial charge in [0.05, 0.1) is 25.9 Å². The molecule has 10 amide bonds. The summed E-state index contributed by atoms with van der Waals surface area (Å²) in [5.41, 5.74) is 17.4. The van der Waals surface area contributed by atoms with E-state index in [9.17, 15) is 83.4 Å². The van der Waals surface area contributed by atoms with Crippen LogP contribution in [-0.2, 0) is 65.6 Å². The van der Waals surface area contributed by atoms with Gasteiger partial charge in [0.2, 0.25) is 59.1 Å². The van der Waals surface area contributed by atoms with E-state index >= 15 is 0 Å². The lowest BCUT2D eigenvalue weighted by Gasteiger charge is -2.27. The number of thiol groups is 1. The van der Waals surface area contributed by atoms with Crippen molar-refractivity contribution in [3.63, 3.8) is 0 Å². The number of nitrogens with one attached hydrogen (secondary N) is 9. The van der Waals surface area contributed by atoms with Gasteiger partial charge in [-0.3, -0.25) is 47.9 Å². The Morgan fingerprint density at radius 2 is 0.887 bits per heavy atom. The van der Waals surface area contributed by atoms with Crippen LogP contribution in [0, 0.1) is 5.92 Å². The Morgan fingerprint density at radius 1 is 0.512 bits per heavy atom. The van der Waals surface area contributed by atoms with Crippen molar-refractivity contribution < 1.29 is 83.4 Å². The predicted octanol–water partition coefficient (Wildman–Crippen LogP) is -5.97. The summed E-state index contributed by atoms with van der Waals surface area (Å²) in [4.78, 5) is 145. The van der Waals surface area contributed by atoms with E-state index < -0.39 is 170 Å². The van der Waals surface area contributed by atoms with Gasteiger partial charge in [-0.15, -0.1) is 0 Å². The molecular weight excluding hydrogens is 1070 g/mol. The lowest BCUT2D eigenvalue weighted by Crippen LogP contribution is -2.61. The molecule has 0 bridgehead atoms. The molecule has 0 fully saturated rings. The SMILES string of the molecule is CC[C@H](C)[C@H](NC(=O)[C@H](Cc1ccc(O)cc1)NC(=O)[C@H](CO)NC(=O)[C@H](Cc1ccc(O)cc1)NC(=O)[C@H](C)NC(=O)[C@H](CCC(N)=O)NC(=O)[C@H](CS)NC(=O)[C@H](CO)NC(=O)[C@H](CO)NC(=O)[C@@H](N)CCCCN)C(=O)O. The number of aliphatic hydroxyl groups is 3. The summed E-state index contributed by atoms with van der Waals surface area (Å²) in [6, 6.07) is -4.54. The molecule has 11 atom stereocenters. The number of aromatic hydroxyl groups is 2. The zero-order chi connectivity index (χ0) is 60.2. The number of aliphatic hydroxyl groups excluding tert-OH is 3. The fourth-order valence-corrected chi connectivity index (χ4v) is 7.64. The molecule has 30 heteroatoms. The summed E-state index contributed by atoms with van der Waals surface area (Å²) in [5.74, 6) is -12.8. The molecule has 2 rings (SSSR count). The van der Waals surface area contributed by atoms with Crippen molar-refractivity contribution in [1.82, 2.24) is 47.9 Å². The highest BCUT2D eigenvalue weighted by atomic mass is 32.1. The van der Waals surface area contributed by atoms with Gasteiger partial charge in [-0.25, -0.2) is 4.79 Å². The van der Waals surface area contributed by atoms with Crippen LogP contribution in [0.5, 0.6) is 11.5 Å². The fraction of sp³-hybridized carbons (Fsp3) is 0.540. The lowest BCUT2D eigenvalue weighted by atomic mass is 9.98. The molecule has 2 aromatic rings. The molecular formula is C50H76N12O17S. The number of hydrogen-bond acceptors (Lipinski definition) is 19. The smallest absolute Gasteiger partial charge is 0.326 e. The number of nitrogens with two attached hydrogens (primary N) is 3. The third-order valence-electron chi connectivity index (χ3n) is 12.4. The topological polar surface area (TPSA) is 495 Å². The van der Waals surface area contributed by atoms with E-state index in [2.05, 4.69) is 60.5 Å². The maximum atomic E-state index is 14.0. The van der Waals surface area contributed by atoms with Crippen molar-refractivity contribution in [2.24, 2.45) is 23.1 Å². The van der Waals surface area contributed by atoms with E-state index in [1.165, 1.54) is 55.5 Å². The van der Waals surface area contributed by atoms with Crippen molar-refractivity contribution in [2.45, 2.75) is 133 Å². The average Bonchev–Trinajstić information content (AvgIpc) is 3.42. The summed E-state index contributed by atoms with van der Waals surface area (Å²) >= 11 is 4.09. The summed E-state index contributed by atoms with van der Waals surface area (Å²) in [7, 11) is 0. The molecule has 80 heavy (non-hydrogen) atoms. The van der Waals surface area contributed by atoms with Crippen LogP contribution >= 0.6 is 12.6 Å². The molecule has 0 aliphatic rings. The van der Waals surface area contributed by atoms with Gasteiger partial charge in [0.25, 0.3) is 0 Å². The van der Waals surface area contributed by atoms with E-state index in [0.717, 1.165) is 0 Å². The molecule has 0 aromatic heterocycles. The number of carboxylic acids is 1. The molecule has 0 saturated carbocycles. The van der Waals surface area contributed by atoms with Gasteiger partial charge in [-0.1, -0.05) is 51.0 Å².